The highest BCUT2D eigenvalue weighted by Gasteiger charge is 2.41. The van der Waals surface area contributed by atoms with Gasteiger partial charge in [-0.3, -0.25) is 19.7 Å². The molecule has 0 radical (unpaired) electrons. The van der Waals surface area contributed by atoms with Gasteiger partial charge >= 0.3 is 0 Å². The molecule has 1 N–H and O–H groups in total. The van der Waals surface area contributed by atoms with Crippen molar-refractivity contribution in [3.8, 4) is 5.75 Å². The third-order valence-electron chi connectivity index (χ3n) is 4.82. The molecule has 0 spiro atoms. The first kappa shape index (κ1) is 17.5. The van der Waals surface area contributed by atoms with Crippen molar-refractivity contribution >= 4 is 29.3 Å². The van der Waals surface area contributed by atoms with E-state index in [1.807, 2.05) is 30.3 Å². The van der Waals surface area contributed by atoms with Gasteiger partial charge in [-0.1, -0.05) is 48.0 Å². The summed E-state index contributed by atoms with van der Waals surface area (Å²) in [5.41, 5.74) is 2.11. The Morgan fingerprint density at radius 2 is 1.89 bits per heavy atom. The Kier molecular flexibility index (Phi) is 4.58. The molecule has 2 aliphatic rings. The van der Waals surface area contributed by atoms with E-state index in [1.165, 1.54) is 4.90 Å². The van der Waals surface area contributed by atoms with Crippen molar-refractivity contribution in [3.63, 3.8) is 0 Å². The summed E-state index contributed by atoms with van der Waals surface area (Å²) in [6.07, 6.45) is 0.535. The van der Waals surface area contributed by atoms with Gasteiger partial charge in [-0.05, 0) is 23.6 Å². The highest BCUT2D eigenvalue weighted by molar-refractivity contribution is 6.33. The smallest absolute Gasteiger partial charge is 0.259 e. The summed E-state index contributed by atoms with van der Waals surface area (Å²) >= 11 is 6.30. The van der Waals surface area contributed by atoms with Gasteiger partial charge in [-0.15, -0.1) is 0 Å². The third kappa shape index (κ3) is 3.28. The van der Waals surface area contributed by atoms with Crippen LogP contribution in [-0.2, 0) is 22.7 Å². The molecule has 138 valence electrons. The lowest BCUT2D eigenvalue weighted by atomic mass is 10.0. The molecule has 7 heteroatoms. The first-order valence-corrected chi connectivity index (χ1v) is 9.05. The van der Waals surface area contributed by atoms with Crippen LogP contribution in [0.3, 0.4) is 0 Å². The molecule has 2 aliphatic heterocycles. The lowest BCUT2D eigenvalue weighted by Crippen LogP contribution is -2.52. The molecular formula is C20H17ClN2O4. The van der Waals surface area contributed by atoms with Crippen molar-refractivity contribution in [3.05, 3.63) is 64.2 Å². The van der Waals surface area contributed by atoms with Gasteiger partial charge in [0.1, 0.15) is 12.6 Å². The molecule has 1 fully saturated rings. The number of piperidine rings is 1. The molecular weight excluding hydrogens is 368 g/mol. The van der Waals surface area contributed by atoms with E-state index in [4.69, 9.17) is 16.3 Å². The Balaban J connectivity index is 1.60. The second kappa shape index (κ2) is 7.04. The van der Waals surface area contributed by atoms with Gasteiger partial charge in [-0.25, -0.2) is 0 Å². The van der Waals surface area contributed by atoms with Crippen molar-refractivity contribution in [1.82, 2.24) is 10.2 Å². The normalized spacial score (nSPS) is 19.1. The van der Waals surface area contributed by atoms with Crippen LogP contribution in [0.25, 0.3) is 0 Å². The van der Waals surface area contributed by atoms with Crippen LogP contribution in [0.1, 0.15) is 34.3 Å². The molecule has 2 heterocycles. The summed E-state index contributed by atoms with van der Waals surface area (Å²) in [7, 11) is 0. The number of nitrogens with zero attached hydrogens (tertiary/aromatic N) is 1. The number of carbonyl (C=O) groups is 3. The zero-order valence-electron chi connectivity index (χ0n) is 14.4. The minimum Gasteiger partial charge on any atom is -0.486 e. The summed E-state index contributed by atoms with van der Waals surface area (Å²) in [6.45, 7) is 0.571. The fourth-order valence-corrected chi connectivity index (χ4v) is 3.68. The summed E-state index contributed by atoms with van der Waals surface area (Å²) in [6, 6.07) is 12.4. The predicted molar refractivity (Wildman–Crippen MR) is 98.3 cm³/mol. The van der Waals surface area contributed by atoms with Gasteiger partial charge in [-0.2, -0.15) is 0 Å². The number of carbonyl (C=O) groups excluding carboxylic acids is 3. The van der Waals surface area contributed by atoms with Crippen LogP contribution in [0.5, 0.6) is 5.75 Å². The highest BCUT2D eigenvalue weighted by atomic mass is 35.5. The lowest BCUT2D eigenvalue weighted by molar-refractivity contribution is -0.136. The predicted octanol–water partition coefficient (Wildman–Crippen LogP) is 2.68. The second-order valence-electron chi connectivity index (χ2n) is 6.58. The molecule has 4 rings (SSSR count). The number of ether oxygens (including phenoxy) is 1. The number of nitrogens with one attached hydrogen (secondary N) is 1. The Bertz CT molecular complexity index is 929. The monoisotopic (exact) mass is 384 g/mol. The van der Waals surface area contributed by atoms with E-state index < -0.39 is 11.9 Å². The fraction of sp³-hybridized carbons (Fsp3) is 0.250. The van der Waals surface area contributed by atoms with Crippen LogP contribution in [0, 0.1) is 0 Å². The van der Waals surface area contributed by atoms with Gasteiger partial charge in [0.2, 0.25) is 11.8 Å². The van der Waals surface area contributed by atoms with E-state index in [0.717, 1.165) is 11.1 Å². The van der Waals surface area contributed by atoms with Gasteiger partial charge < -0.3 is 9.64 Å². The van der Waals surface area contributed by atoms with Crippen LogP contribution >= 0.6 is 11.6 Å². The maximum Gasteiger partial charge on any atom is 0.259 e. The average Bonchev–Trinajstić information content (AvgIpc) is 2.99. The maximum absolute atomic E-state index is 13.0. The molecule has 1 saturated heterocycles. The molecule has 1 unspecified atom stereocenters. The van der Waals surface area contributed by atoms with E-state index in [0.29, 0.717) is 29.3 Å². The minimum atomic E-state index is -0.664. The number of halogens is 1. The van der Waals surface area contributed by atoms with Crippen molar-refractivity contribution in [2.75, 3.05) is 0 Å². The SMILES string of the molecule is O=C1CCC(N2Cc3ccc(Cl)c(OCc4ccccc4)c3C2=O)C(=O)N1. The van der Waals surface area contributed by atoms with Crippen molar-refractivity contribution in [1.29, 1.82) is 0 Å². The lowest BCUT2D eigenvalue weighted by Gasteiger charge is -2.29. The molecule has 0 saturated carbocycles. The number of amides is 3. The van der Waals surface area contributed by atoms with Crippen LogP contribution in [-0.4, -0.2) is 28.7 Å². The zero-order chi connectivity index (χ0) is 19.0. The first-order valence-electron chi connectivity index (χ1n) is 8.67. The second-order valence-corrected chi connectivity index (χ2v) is 6.99. The van der Waals surface area contributed by atoms with Gasteiger partial charge in [0.05, 0.1) is 10.6 Å². The first-order chi connectivity index (χ1) is 13.0. The largest absolute Gasteiger partial charge is 0.486 e. The molecule has 0 bridgehead atoms. The molecule has 0 aliphatic carbocycles. The number of hydrogen-bond donors (Lipinski definition) is 1. The Labute approximate surface area is 161 Å². The quantitative estimate of drug-likeness (QED) is 0.822. The topological polar surface area (TPSA) is 75.7 Å². The average molecular weight is 385 g/mol. The van der Waals surface area contributed by atoms with Gasteiger partial charge in [0.25, 0.3) is 5.91 Å². The summed E-state index contributed by atoms with van der Waals surface area (Å²) < 4.78 is 5.88. The molecule has 2 aromatic rings. The van der Waals surface area contributed by atoms with Crippen molar-refractivity contribution in [2.45, 2.75) is 32.0 Å². The van der Waals surface area contributed by atoms with Crippen LogP contribution in [0.4, 0.5) is 0 Å². The number of fused-ring (bicyclic) bond motifs is 1. The number of hydrogen-bond acceptors (Lipinski definition) is 4. The summed E-state index contributed by atoms with van der Waals surface area (Å²) in [5.74, 6) is -0.719. The molecule has 3 amide bonds. The van der Waals surface area contributed by atoms with E-state index in [9.17, 15) is 14.4 Å². The number of imide groups is 1. The highest BCUT2D eigenvalue weighted by Crippen LogP contribution is 2.38. The number of benzene rings is 2. The standard InChI is InChI=1S/C20H17ClN2O4/c21-14-7-6-13-10-23(15-8-9-16(24)22-19(15)25)20(26)17(13)18(14)27-11-12-4-2-1-3-5-12/h1-7,15H,8-11H2,(H,22,24,25). The van der Waals surface area contributed by atoms with E-state index >= 15 is 0 Å². The van der Waals surface area contributed by atoms with E-state index in [1.54, 1.807) is 12.1 Å². The summed E-state index contributed by atoms with van der Waals surface area (Å²) in [5, 5.41) is 2.65. The minimum absolute atomic E-state index is 0.217. The summed E-state index contributed by atoms with van der Waals surface area (Å²) in [4.78, 5) is 38.1. The van der Waals surface area contributed by atoms with Crippen LogP contribution in [0.15, 0.2) is 42.5 Å². The van der Waals surface area contributed by atoms with Gasteiger partial charge in [0.15, 0.2) is 5.75 Å². The zero-order valence-corrected chi connectivity index (χ0v) is 15.2. The van der Waals surface area contributed by atoms with E-state index in [-0.39, 0.29) is 24.8 Å². The Morgan fingerprint density at radius 1 is 1.11 bits per heavy atom. The molecule has 2 aromatic carbocycles. The van der Waals surface area contributed by atoms with E-state index in [2.05, 4.69) is 5.32 Å². The number of rotatable bonds is 4. The molecule has 27 heavy (non-hydrogen) atoms. The van der Waals surface area contributed by atoms with Gasteiger partial charge in [0, 0.05) is 13.0 Å². The van der Waals surface area contributed by atoms with Crippen LogP contribution < -0.4 is 10.1 Å². The van der Waals surface area contributed by atoms with Crippen molar-refractivity contribution in [2.24, 2.45) is 0 Å². The molecule has 0 aromatic heterocycles. The maximum atomic E-state index is 13.0. The molecule has 1 atom stereocenters. The van der Waals surface area contributed by atoms with Crippen molar-refractivity contribution < 1.29 is 19.1 Å². The fourth-order valence-electron chi connectivity index (χ4n) is 3.47. The van der Waals surface area contributed by atoms with Crippen LogP contribution in [0.2, 0.25) is 5.02 Å². The molecule has 6 nitrogen and oxygen atoms in total. The Morgan fingerprint density at radius 3 is 2.63 bits per heavy atom. The Hall–Kier alpha value is -2.86. The third-order valence-corrected chi connectivity index (χ3v) is 5.12.